The molecule has 0 N–H and O–H groups in total. The van der Waals surface area contributed by atoms with Crippen molar-refractivity contribution in [3.05, 3.63) is 39.0 Å². The van der Waals surface area contributed by atoms with Crippen LogP contribution in [0.3, 0.4) is 0 Å². The van der Waals surface area contributed by atoms with E-state index in [9.17, 15) is 0 Å². The molecule has 0 saturated heterocycles. The molecule has 0 unspecified atom stereocenters. The molecule has 0 atom stereocenters. The highest BCUT2D eigenvalue weighted by Crippen LogP contribution is 2.45. The second-order valence-electron chi connectivity index (χ2n) is 3.07. The second-order valence-corrected chi connectivity index (χ2v) is 7.95. The van der Waals surface area contributed by atoms with Crippen molar-refractivity contribution in [2.24, 2.45) is 0 Å². The summed E-state index contributed by atoms with van der Waals surface area (Å²) in [5.74, 6) is 0. The van der Waals surface area contributed by atoms with E-state index in [-0.39, 0.29) is 0 Å². The first kappa shape index (κ1) is 14.0. The molecule has 0 amide bonds. The quantitative estimate of drug-likeness (QED) is 0.218. The van der Waals surface area contributed by atoms with Gasteiger partial charge in [0.1, 0.15) is 0 Å². The molecule has 2 aromatic rings. The number of hydrogen-bond donors (Lipinski definition) is 0. The summed E-state index contributed by atoms with van der Waals surface area (Å²) in [5.41, 5.74) is 0. The molecule has 16 heavy (non-hydrogen) atoms. The lowest BCUT2D eigenvalue weighted by atomic mass is 10.1. The first-order valence-electron chi connectivity index (χ1n) is 4.04. The average molecular weight is 602 g/mol. The van der Waals surface area contributed by atoms with Gasteiger partial charge in [-0.3, -0.25) is 0 Å². The normalized spacial score (nSPS) is 11.1. The maximum Gasteiger partial charge on any atom is 0.0477 e. The van der Waals surface area contributed by atoms with Gasteiger partial charge in [-0.25, -0.2) is 0 Å². The molecule has 0 fully saturated rings. The minimum absolute atomic E-state index is 1.00. The van der Waals surface area contributed by atoms with Crippen LogP contribution in [0.15, 0.2) is 39.0 Å². The Labute approximate surface area is 143 Å². The van der Waals surface area contributed by atoms with Crippen molar-refractivity contribution in [3.63, 3.8) is 0 Å². The van der Waals surface area contributed by atoms with E-state index in [1.54, 1.807) is 0 Å². The van der Waals surface area contributed by atoms with Gasteiger partial charge in [0.05, 0.1) is 0 Å². The smallest absolute Gasteiger partial charge is 0.0477 e. The fourth-order valence-corrected chi connectivity index (χ4v) is 4.43. The Morgan fingerprint density at radius 1 is 0.500 bits per heavy atom. The largest absolute Gasteiger partial charge is 0.0496 e. The molecule has 0 radical (unpaired) electrons. The Hall–Kier alpha value is 1.58. The van der Waals surface area contributed by atoms with Crippen LogP contribution in [0.4, 0.5) is 0 Å². The van der Waals surface area contributed by atoms with Crippen molar-refractivity contribution in [3.8, 4) is 0 Å². The van der Waals surface area contributed by atoms with Crippen LogP contribution in [-0.4, -0.2) is 0 Å². The van der Waals surface area contributed by atoms with Gasteiger partial charge in [0.15, 0.2) is 0 Å². The lowest BCUT2D eigenvalue weighted by Crippen LogP contribution is -1.84. The molecule has 0 nitrogen and oxygen atoms in total. The van der Waals surface area contributed by atoms with Crippen LogP contribution in [0.25, 0.3) is 10.8 Å². The van der Waals surface area contributed by atoms with Crippen molar-refractivity contribution >= 4 is 106 Å². The van der Waals surface area contributed by atoms with Gasteiger partial charge in [-0.05, 0) is 118 Å². The Balaban J connectivity index is 3.02. The molecule has 0 heterocycles. The summed E-state index contributed by atoms with van der Waals surface area (Å²) in [4.78, 5) is 0. The molecule has 6 heteroatoms. The van der Waals surface area contributed by atoms with Gasteiger partial charge < -0.3 is 0 Å². The lowest BCUT2D eigenvalue weighted by Gasteiger charge is -2.10. The Morgan fingerprint density at radius 3 is 1.12 bits per heavy atom. The molecule has 2 aromatic carbocycles. The summed E-state index contributed by atoms with van der Waals surface area (Å²) in [6.45, 7) is 0. The summed E-state index contributed by atoms with van der Waals surface area (Å²) >= 11 is 21.3. The van der Waals surface area contributed by atoms with E-state index in [0.717, 1.165) is 37.6 Å². The van der Waals surface area contributed by atoms with E-state index >= 15 is 0 Å². The molecular weight excluding hydrogens is 600 g/mol. The summed E-state index contributed by atoms with van der Waals surface area (Å²) in [7, 11) is 0. The zero-order valence-electron chi connectivity index (χ0n) is 7.42. The van der Waals surface area contributed by atoms with Gasteiger partial charge in [0.25, 0.3) is 0 Å². The topological polar surface area (TPSA) is 0 Å². The predicted octanol–water partition coefficient (Wildman–Crippen LogP) is 7.41. The SMILES string of the molecule is Brc1cc2c(Br)c(Br)c(Br)c(Br)c2cc1Br. The number of hydrogen-bond acceptors (Lipinski definition) is 0. The molecule has 0 bridgehead atoms. The summed E-state index contributed by atoms with van der Waals surface area (Å²) in [6.07, 6.45) is 0. The fraction of sp³-hybridized carbons (Fsp3) is 0. The molecule has 2 rings (SSSR count). The van der Waals surface area contributed by atoms with Crippen molar-refractivity contribution in [2.75, 3.05) is 0 Å². The lowest BCUT2D eigenvalue weighted by molar-refractivity contribution is 1.54. The van der Waals surface area contributed by atoms with Crippen LogP contribution < -0.4 is 0 Å². The van der Waals surface area contributed by atoms with Crippen LogP contribution in [0.1, 0.15) is 0 Å². The maximum absolute atomic E-state index is 3.59. The molecule has 0 saturated carbocycles. The van der Waals surface area contributed by atoms with Crippen molar-refractivity contribution in [1.82, 2.24) is 0 Å². The summed E-state index contributed by atoms with van der Waals surface area (Å²) in [6, 6.07) is 4.15. The van der Waals surface area contributed by atoms with Gasteiger partial charge in [0, 0.05) is 26.8 Å². The van der Waals surface area contributed by atoms with E-state index in [0.29, 0.717) is 0 Å². The highest BCUT2D eigenvalue weighted by molar-refractivity contribution is 9.15. The molecule has 0 aliphatic carbocycles. The predicted molar refractivity (Wildman–Crippen MR) is 90.1 cm³/mol. The van der Waals surface area contributed by atoms with Crippen LogP contribution in [0, 0.1) is 0 Å². The number of halogens is 6. The fourth-order valence-electron chi connectivity index (χ4n) is 1.34. The van der Waals surface area contributed by atoms with Gasteiger partial charge >= 0.3 is 0 Å². The zero-order chi connectivity index (χ0) is 12.0. The molecule has 0 aromatic heterocycles. The third kappa shape index (κ3) is 2.35. The Kier molecular flexibility index (Phi) is 4.63. The van der Waals surface area contributed by atoms with Crippen molar-refractivity contribution in [1.29, 1.82) is 0 Å². The third-order valence-corrected chi connectivity index (χ3v) is 8.79. The molecule has 0 spiro atoms. The standard InChI is InChI=1S/C10H2Br6/c11-5-1-3-4(2-6(5)12)8(14)10(16)9(15)7(3)13/h1-2H. The highest BCUT2D eigenvalue weighted by atomic mass is 79.9. The number of benzene rings is 2. The maximum atomic E-state index is 3.59. The summed E-state index contributed by atoms with van der Waals surface area (Å²) < 4.78 is 6.13. The molecule has 0 aliphatic rings. The van der Waals surface area contributed by atoms with E-state index < -0.39 is 0 Å². The van der Waals surface area contributed by atoms with Gasteiger partial charge in [-0.1, -0.05) is 0 Å². The highest BCUT2D eigenvalue weighted by Gasteiger charge is 2.14. The first-order valence-corrected chi connectivity index (χ1v) is 8.80. The van der Waals surface area contributed by atoms with Crippen LogP contribution in [-0.2, 0) is 0 Å². The molecular formula is C10H2Br6. The van der Waals surface area contributed by atoms with E-state index in [2.05, 4.69) is 108 Å². The monoisotopic (exact) mass is 596 g/mol. The molecule has 84 valence electrons. The summed E-state index contributed by atoms with van der Waals surface area (Å²) in [5, 5.41) is 2.27. The van der Waals surface area contributed by atoms with E-state index in [1.165, 1.54) is 0 Å². The average Bonchev–Trinajstić information content (AvgIpc) is 2.26. The number of rotatable bonds is 0. The minimum atomic E-state index is 1.00. The van der Waals surface area contributed by atoms with E-state index in [4.69, 9.17) is 0 Å². The van der Waals surface area contributed by atoms with Crippen LogP contribution in [0.2, 0.25) is 0 Å². The minimum Gasteiger partial charge on any atom is -0.0496 e. The van der Waals surface area contributed by atoms with Crippen molar-refractivity contribution in [2.45, 2.75) is 0 Å². The molecule has 0 aliphatic heterocycles. The van der Waals surface area contributed by atoms with Crippen molar-refractivity contribution < 1.29 is 0 Å². The second kappa shape index (κ2) is 5.29. The third-order valence-electron chi connectivity index (χ3n) is 2.11. The van der Waals surface area contributed by atoms with Gasteiger partial charge in [-0.2, -0.15) is 0 Å². The van der Waals surface area contributed by atoms with Gasteiger partial charge in [-0.15, -0.1) is 0 Å². The van der Waals surface area contributed by atoms with E-state index in [1.807, 2.05) is 0 Å². The zero-order valence-corrected chi connectivity index (χ0v) is 16.9. The first-order chi connectivity index (χ1) is 7.43. The Morgan fingerprint density at radius 2 is 0.812 bits per heavy atom. The van der Waals surface area contributed by atoms with Crippen LogP contribution >= 0.6 is 95.6 Å². The van der Waals surface area contributed by atoms with Crippen LogP contribution in [0.5, 0.6) is 0 Å². The van der Waals surface area contributed by atoms with Gasteiger partial charge in [0.2, 0.25) is 0 Å². The Bertz CT molecular complexity index is 537. The number of fused-ring (bicyclic) bond motifs is 1.